The van der Waals surface area contributed by atoms with Gasteiger partial charge in [-0.1, -0.05) is 32.6 Å². The Morgan fingerprint density at radius 3 is 2.21 bits per heavy atom. The number of rotatable bonds is 6. The van der Waals surface area contributed by atoms with Crippen molar-refractivity contribution in [2.75, 3.05) is 23.0 Å². The van der Waals surface area contributed by atoms with Crippen LogP contribution in [0.4, 0.5) is 0 Å². The first-order valence-electron chi connectivity index (χ1n) is 8.94. The summed E-state index contributed by atoms with van der Waals surface area (Å²) in [6.45, 7) is 1.84. The first kappa shape index (κ1) is 21.6. The number of hydrogen-bond acceptors (Lipinski definition) is 5. The predicted molar refractivity (Wildman–Crippen MR) is 97.3 cm³/mol. The molecule has 0 aromatic heterocycles. The van der Waals surface area contributed by atoms with Crippen molar-refractivity contribution in [2.45, 2.75) is 64.7 Å². The zero-order valence-electron chi connectivity index (χ0n) is 14.6. The van der Waals surface area contributed by atoms with Gasteiger partial charge in [0.25, 0.3) is 0 Å². The zero-order valence-corrected chi connectivity index (χ0v) is 16.3. The molecule has 2 aliphatic rings. The summed E-state index contributed by atoms with van der Waals surface area (Å²) in [4.78, 5) is 23.2. The second-order valence-corrected chi connectivity index (χ2v) is 10.5. The fraction of sp³-hybridized carbons (Fsp3) is 0.882. The number of Topliss-reactive ketones (excluding diaryl/α,β-unsaturated/α-hetero) is 2. The van der Waals surface area contributed by atoms with Crippen molar-refractivity contribution in [1.29, 1.82) is 0 Å². The van der Waals surface area contributed by atoms with Crippen molar-refractivity contribution in [2.24, 2.45) is 5.92 Å². The van der Waals surface area contributed by atoms with Crippen molar-refractivity contribution in [3.05, 3.63) is 0 Å². The van der Waals surface area contributed by atoms with Crippen LogP contribution in [0.25, 0.3) is 0 Å². The summed E-state index contributed by atoms with van der Waals surface area (Å²) in [5.74, 6) is 3.78. The minimum absolute atomic E-state index is 0.219. The molecule has 24 heavy (non-hydrogen) atoms. The van der Waals surface area contributed by atoms with Crippen LogP contribution in [-0.4, -0.2) is 47.5 Å². The SMILES string of the molecule is CCCCS(=O)(=O)[O-].O=C1CC[S+](CC(=O)C2CCCCC2)CC1. The lowest BCUT2D eigenvalue weighted by Crippen LogP contribution is -2.32. The Labute approximate surface area is 149 Å². The lowest BCUT2D eigenvalue weighted by molar-refractivity contribution is -0.121. The van der Waals surface area contributed by atoms with Crippen LogP contribution >= 0.6 is 0 Å². The van der Waals surface area contributed by atoms with Gasteiger partial charge in [0.15, 0.2) is 11.5 Å². The molecule has 7 heteroatoms. The summed E-state index contributed by atoms with van der Waals surface area (Å²) < 4.78 is 29.5. The van der Waals surface area contributed by atoms with E-state index in [1.165, 1.54) is 19.3 Å². The van der Waals surface area contributed by atoms with Crippen molar-refractivity contribution < 1.29 is 22.6 Å². The van der Waals surface area contributed by atoms with Crippen molar-refractivity contribution in [3.63, 3.8) is 0 Å². The van der Waals surface area contributed by atoms with E-state index in [1.54, 1.807) is 0 Å². The molecule has 0 unspecified atom stereocenters. The Morgan fingerprint density at radius 2 is 1.75 bits per heavy atom. The van der Waals surface area contributed by atoms with Gasteiger partial charge in [-0.2, -0.15) is 0 Å². The molecule has 0 N–H and O–H groups in total. The smallest absolute Gasteiger partial charge is 0.184 e. The number of unbranched alkanes of at least 4 members (excludes halogenated alkanes) is 1. The van der Waals surface area contributed by atoms with Gasteiger partial charge in [-0.3, -0.25) is 9.59 Å². The van der Waals surface area contributed by atoms with Crippen LogP contribution in [0.1, 0.15) is 64.7 Å². The van der Waals surface area contributed by atoms with E-state index in [1.807, 2.05) is 6.92 Å². The van der Waals surface area contributed by atoms with Gasteiger partial charge in [0.1, 0.15) is 17.3 Å². The van der Waals surface area contributed by atoms with Gasteiger partial charge < -0.3 is 4.55 Å². The van der Waals surface area contributed by atoms with Crippen LogP contribution in [0.15, 0.2) is 0 Å². The van der Waals surface area contributed by atoms with Crippen LogP contribution in [0, 0.1) is 5.92 Å². The molecule has 0 aromatic carbocycles. The standard InChI is InChI=1S/C13H21O2S.C4H10O3S/c14-12-6-8-16(9-7-12)10-13(15)11-4-2-1-3-5-11;1-2-3-4-8(5,6)7/h11H,1-10H2;2-4H2,1H3,(H,5,6,7)/q+1;/p-1. The molecule has 2 rings (SSSR count). The minimum Gasteiger partial charge on any atom is -0.748 e. The minimum atomic E-state index is -3.94. The van der Waals surface area contributed by atoms with Crippen LogP contribution in [0.3, 0.4) is 0 Å². The average Bonchev–Trinajstić information content (AvgIpc) is 2.56. The molecule has 5 nitrogen and oxygen atoms in total. The number of carbonyl (C=O) groups is 2. The molecule has 0 aromatic rings. The molecular weight excluding hydrogens is 348 g/mol. The molecule has 1 aliphatic heterocycles. The van der Waals surface area contributed by atoms with Crippen LogP contribution < -0.4 is 0 Å². The maximum absolute atomic E-state index is 12.1. The van der Waals surface area contributed by atoms with E-state index in [0.717, 1.165) is 49.4 Å². The van der Waals surface area contributed by atoms with Gasteiger partial charge in [0, 0.05) is 11.7 Å². The zero-order chi connectivity index (χ0) is 18.0. The fourth-order valence-corrected chi connectivity index (χ4v) is 5.76. The van der Waals surface area contributed by atoms with Crippen molar-refractivity contribution >= 4 is 32.6 Å². The fourth-order valence-electron chi connectivity index (χ4n) is 2.95. The number of ketones is 2. The molecule has 1 aliphatic carbocycles. The quantitative estimate of drug-likeness (QED) is 0.523. The summed E-state index contributed by atoms with van der Waals surface area (Å²) in [5.41, 5.74) is 0. The van der Waals surface area contributed by atoms with E-state index in [-0.39, 0.29) is 16.6 Å². The second kappa shape index (κ2) is 11.3. The van der Waals surface area contributed by atoms with Crippen LogP contribution in [0.5, 0.6) is 0 Å². The normalized spacial score (nSPS) is 20.3. The van der Waals surface area contributed by atoms with Gasteiger partial charge in [-0.05, 0) is 30.2 Å². The highest BCUT2D eigenvalue weighted by Crippen LogP contribution is 2.25. The maximum atomic E-state index is 12.1. The highest BCUT2D eigenvalue weighted by molar-refractivity contribution is 7.97. The lowest BCUT2D eigenvalue weighted by Gasteiger charge is -2.20. The monoisotopic (exact) mass is 378 g/mol. The van der Waals surface area contributed by atoms with Crippen molar-refractivity contribution in [3.8, 4) is 0 Å². The van der Waals surface area contributed by atoms with Gasteiger partial charge in [0.2, 0.25) is 0 Å². The summed E-state index contributed by atoms with van der Waals surface area (Å²) in [5, 5.41) is 0. The maximum Gasteiger partial charge on any atom is 0.184 e. The largest absolute Gasteiger partial charge is 0.748 e. The third-order valence-electron chi connectivity index (χ3n) is 4.49. The lowest BCUT2D eigenvalue weighted by atomic mass is 9.87. The molecule has 1 saturated carbocycles. The average molecular weight is 379 g/mol. The molecule has 0 atom stereocenters. The molecule has 0 radical (unpaired) electrons. The van der Waals surface area contributed by atoms with E-state index >= 15 is 0 Å². The summed E-state index contributed by atoms with van der Waals surface area (Å²) in [6, 6.07) is 0. The molecular formula is C17H30O5S2. The van der Waals surface area contributed by atoms with Gasteiger partial charge >= 0.3 is 0 Å². The molecule has 0 spiro atoms. The highest BCUT2D eigenvalue weighted by atomic mass is 32.2. The third-order valence-corrected chi connectivity index (χ3v) is 7.54. The Bertz CT molecular complexity index is 485. The first-order chi connectivity index (χ1) is 11.3. The first-order valence-corrected chi connectivity index (χ1v) is 12.2. The van der Waals surface area contributed by atoms with Gasteiger partial charge in [-0.25, -0.2) is 8.42 Å². The van der Waals surface area contributed by atoms with Gasteiger partial charge in [-0.15, -0.1) is 0 Å². The van der Waals surface area contributed by atoms with E-state index in [0.29, 0.717) is 23.9 Å². The molecule has 0 bridgehead atoms. The molecule has 1 saturated heterocycles. The third kappa shape index (κ3) is 9.79. The van der Waals surface area contributed by atoms with Gasteiger partial charge in [0.05, 0.1) is 23.0 Å². The Morgan fingerprint density at radius 1 is 1.17 bits per heavy atom. The molecule has 1 heterocycles. The second-order valence-electron chi connectivity index (χ2n) is 6.62. The molecule has 2 fully saturated rings. The highest BCUT2D eigenvalue weighted by Gasteiger charge is 2.32. The van der Waals surface area contributed by atoms with E-state index in [4.69, 9.17) is 0 Å². The number of hydrogen-bond donors (Lipinski definition) is 0. The summed E-state index contributed by atoms with van der Waals surface area (Å²) >= 11 is 0. The van der Waals surface area contributed by atoms with Crippen LogP contribution in [-0.2, 0) is 30.6 Å². The summed E-state index contributed by atoms with van der Waals surface area (Å²) in [6.07, 6.45) is 8.70. The van der Waals surface area contributed by atoms with Crippen LogP contribution in [0.2, 0.25) is 0 Å². The Balaban J connectivity index is 0.000000307. The topological polar surface area (TPSA) is 91.3 Å². The van der Waals surface area contributed by atoms with E-state index in [9.17, 15) is 22.6 Å². The molecule has 140 valence electrons. The Hall–Kier alpha value is -0.400. The summed E-state index contributed by atoms with van der Waals surface area (Å²) in [7, 11) is -3.70. The number of carbonyl (C=O) groups excluding carboxylic acids is 2. The molecule has 0 amide bonds. The van der Waals surface area contributed by atoms with E-state index in [2.05, 4.69) is 0 Å². The van der Waals surface area contributed by atoms with Crippen molar-refractivity contribution in [1.82, 2.24) is 0 Å². The predicted octanol–water partition coefficient (Wildman–Crippen LogP) is 2.45. The van der Waals surface area contributed by atoms with E-state index < -0.39 is 10.1 Å². The Kier molecular flexibility index (Phi) is 10.2.